The second-order valence-electron chi connectivity index (χ2n) is 6.62. The zero-order valence-electron chi connectivity index (χ0n) is 14.4. The molecule has 0 amide bonds. The maximum atomic E-state index is 4.90. The minimum Gasteiger partial charge on any atom is -0.260 e. The molecule has 0 fully saturated rings. The Labute approximate surface area is 140 Å². The zero-order chi connectivity index (χ0) is 15.9. The minimum atomic E-state index is 1.09. The molecule has 0 atom stereocenters. The first-order chi connectivity index (χ1) is 11.4. The van der Waals surface area contributed by atoms with Gasteiger partial charge in [0.25, 0.3) is 0 Å². The van der Waals surface area contributed by atoms with Crippen LogP contribution in [-0.2, 0) is 12.8 Å². The van der Waals surface area contributed by atoms with Crippen LogP contribution in [0.15, 0.2) is 29.3 Å². The van der Waals surface area contributed by atoms with Gasteiger partial charge in [-0.3, -0.25) is 9.98 Å². The van der Waals surface area contributed by atoms with Gasteiger partial charge in [0, 0.05) is 17.3 Å². The summed E-state index contributed by atoms with van der Waals surface area (Å²) in [5.41, 5.74) is 4.98. The molecule has 1 aromatic heterocycles. The van der Waals surface area contributed by atoms with E-state index in [1.54, 1.807) is 0 Å². The third kappa shape index (κ3) is 3.99. The molecule has 0 N–H and O–H groups in total. The van der Waals surface area contributed by atoms with E-state index in [9.17, 15) is 0 Å². The molecule has 1 aliphatic rings. The van der Waals surface area contributed by atoms with E-state index in [-0.39, 0.29) is 0 Å². The molecule has 2 heteroatoms. The Bertz CT molecular complexity index is 673. The Hall–Kier alpha value is -1.70. The number of aryl methyl sites for hydroxylation is 1. The van der Waals surface area contributed by atoms with Crippen molar-refractivity contribution in [3.8, 4) is 0 Å². The van der Waals surface area contributed by atoms with E-state index in [2.05, 4.69) is 37.4 Å². The molecule has 122 valence electrons. The van der Waals surface area contributed by atoms with Gasteiger partial charge in [0.05, 0.1) is 11.2 Å². The first kappa shape index (κ1) is 16.2. The number of hydrogen-bond acceptors (Lipinski definition) is 2. The summed E-state index contributed by atoms with van der Waals surface area (Å²) in [5.74, 6) is 0. The van der Waals surface area contributed by atoms with Crippen LogP contribution >= 0.6 is 0 Å². The molecule has 1 aromatic carbocycles. The summed E-state index contributed by atoms with van der Waals surface area (Å²) in [6, 6.07) is 8.47. The lowest BCUT2D eigenvalue weighted by Crippen LogP contribution is -2.06. The Morgan fingerprint density at radius 2 is 1.87 bits per heavy atom. The smallest absolute Gasteiger partial charge is 0.0769 e. The van der Waals surface area contributed by atoms with E-state index in [0.29, 0.717) is 0 Å². The summed E-state index contributed by atoms with van der Waals surface area (Å²) in [6.45, 7) is 2.26. The minimum absolute atomic E-state index is 1.09. The van der Waals surface area contributed by atoms with Gasteiger partial charge in [0.1, 0.15) is 0 Å². The highest BCUT2D eigenvalue weighted by Crippen LogP contribution is 2.35. The number of benzene rings is 1. The standard InChI is InChI=1S/C21H28N2/c1-2-3-4-5-6-11-16-22-21-17-12-7-9-14-19(17)23-20-15-10-8-13-18(20)21/h7,9,12,14,16H,2-6,8,10-11,13,15H2,1H3/b22-16-. The number of hydrogen-bond donors (Lipinski definition) is 0. The molecule has 0 spiro atoms. The maximum absolute atomic E-state index is 4.90. The van der Waals surface area contributed by atoms with Gasteiger partial charge in [-0.2, -0.15) is 0 Å². The number of fused-ring (bicyclic) bond motifs is 2. The van der Waals surface area contributed by atoms with E-state index in [1.165, 1.54) is 67.3 Å². The van der Waals surface area contributed by atoms with Crippen molar-refractivity contribution in [3.05, 3.63) is 35.5 Å². The highest BCUT2D eigenvalue weighted by molar-refractivity contribution is 5.93. The maximum Gasteiger partial charge on any atom is 0.0769 e. The number of unbranched alkanes of at least 4 members (excludes halogenated alkanes) is 5. The van der Waals surface area contributed by atoms with Crippen LogP contribution in [0.5, 0.6) is 0 Å². The first-order valence-electron chi connectivity index (χ1n) is 9.33. The first-order valence-corrected chi connectivity index (χ1v) is 9.33. The van der Waals surface area contributed by atoms with E-state index < -0.39 is 0 Å². The fourth-order valence-electron chi connectivity index (χ4n) is 3.49. The van der Waals surface area contributed by atoms with Crippen molar-refractivity contribution in [1.82, 2.24) is 4.98 Å². The van der Waals surface area contributed by atoms with E-state index in [0.717, 1.165) is 24.8 Å². The molecule has 0 aliphatic heterocycles. The van der Waals surface area contributed by atoms with Gasteiger partial charge < -0.3 is 0 Å². The van der Waals surface area contributed by atoms with Crippen LogP contribution in [0, 0.1) is 0 Å². The molecule has 1 heterocycles. The Kier molecular flexibility index (Phi) is 5.79. The summed E-state index contributed by atoms with van der Waals surface area (Å²) in [4.78, 5) is 9.78. The van der Waals surface area contributed by atoms with Crippen molar-refractivity contribution < 1.29 is 0 Å². The van der Waals surface area contributed by atoms with Crippen molar-refractivity contribution >= 4 is 22.8 Å². The lowest BCUT2D eigenvalue weighted by molar-refractivity contribution is 0.645. The fourth-order valence-corrected chi connectivity index (χ4v) is 3.49. The van der Waals surface area contributed by atoms with Crippen molar-refractivity contribution in [1.29, 1.82) is 0 Å². The van der Waals surface area contributed by atoms with Gasteiger partial charge in [-0.05, 0) is 50.2 Å². The molecule has 0 bridgehead atoms. The normalized spacial score (nSPS) is 14.5. The van der Waals surface area contributed by atoms with Crippen LogP contribution in [-0.4, -0.2) is 11.2 Å². The lowest BCUT2D eigenvalue weighted by Gasteiger charge is -2.18. The molecule has 3 rings (SSSR count). The Morgan fingerprint density at radius 3 is 2.78 bits per heavy atom. The second-order valence-corrected chi connectivity index (χ2v) is 6.62. The summed E-state index contributed by atoms with van der Waals surface area (Å²) < 4.78 is 0. The van der Waals surface area contributed by atoms with Crippen molar-refractivity contribution in [3.63, 3.8) is 0 Å². The number of nitrogens with zero attached hydrogens (tertiary/aromatic N) is 2. The predicted octanol–water partition coefficient (Wildman–Crippen LogP) is 6.18. The molecule has 2 aromatic rings. The number of aliphatic imine (C=N–C) groups is 1. The molecular weight excluding hydrogens is 280 g/mol. The van der Waals surface area contributed by atoms with Crippen LogP contribution in [0.3, 0.4) is 0 Å². The fraction of sp³-hybridized carbons (Fsp3) is 0.524. The summed E-state index contributed by atoms with van der Waals surface area (Å²) in [6.07, 6.45) is 14.6. The highest BCUT2D eigenvalue weighted by atomic mass is 14.8. The summed E-state index contributed by atoms with van der Waals surface area (Å²) in [7, 11) is 0. The molecule has 0 radical (unpaired) electrons. The molecule has 2 nitrogen and oxygen atoms in total. The second kappa shape index (κ2) is 8.24. The molecule has 0 saturated heterocycles. The van der Waals surface area contributed by atoms with Crippen LogP contribution in [0.1, 0.15) is 69.5 Å². The third-order valence-corrected chi connectivity index (χ3v) is 4.80. The average Bonchev–Trinajstić information content (AvgIpc) is 2.60. The van der Waals surface area contributed by atoms with E-state index >= 15 is 0 Å². The number of aromatic nitrogens is 1. The van der Waals surface area contributed by atoms with Crippen LogP contribution in [0.2, 0.25) is 0 Å². The Morgan fingerprint density at radius 1 is 1.04 bits per heavy atom. The largest absolute Gasteiger partial charge is 0.260 e. The quantitative estimate of drug-likeness (QED) is 0.443. The van der Waals surface area contributed by atoms with Crippen LogP contribution in [0.4, 0.5) is 5.69 Å². The molecular formula is C21H28N2. The van der Waals surface area contributed by atoms with Crippen LogP contribution in [0.25, 0.3) is 10.9 Å². The number of pyridine rings is 1. The zero-order valence-corrected chi connectivity index (χ0v) is 14.4. The number of rotatable bonds is 7. The van der Waals surface area contributed by atoms with Gasteiger partial charge in [-0.25, -0.2) is 0 Å². The number of para-hydroxylation sites is 1. The van der Waals surface area contributed by atoms with Gasteiger partial charge in [0.2, 0.25) is 0 Å². The van der Waals surface area contributed by atoms with Gasteiger partial charge in [0.15, 0.2) is 0 Å². The average molecular weight is 308 g/mol. The predicted molar refractivity (Wildman–Crippen MR) is 99.9 cm³/mol. The van der Waals surface area contributed by atoms with Gasteiger partial charge in [-0.15, -0.1) is 0 Å². The third-order valence-electron chi connectivity index (χ3n) is 4.80. The summed E-state index contributed by atoms with van der Waals surface area (Å²) in [5, 5.41) is 1.22. The molecule has 1 aliphatic carbocycles. The lowest BCUT2D eigenvalue weighted by atomic mass is 9.93. The summed E-state index contributed by atoms with van der Waals surface area (Å²) >= 11 is 0. The Balaban J connectivity index is 1.78. The van der Waals surface area contributed by atoms with Crippen molar-refractivity contribution in [2.24, 2.45) is 4.99 Å². The highest BCUT2D eigenvalue weighted by Gasteiger charge is 2.17. The van der Waals surface area contributed by atoms with Crippen LogP contribution < -0.4 is 0 Å². The van der Waals surface area contributed by atoms with E-state index in [1.807, 2.05) is 0 Å². The SMILES string of the molecule is CCCCCCC/C=N\c1c2c(nc3ccccc13)CCCC2. The monoisotopic (exact) mass is 308 g/mol. The topological polar surface area (TPSA) is 25.2 Å². The molecule has 0 unspecified atom stereocenters. The van der Waals surface area contributed by atoms with Crippen molar-refractivity contribution in [2.45, 2.75) is 71.1 Å². The molecule has 0 saturated carbocycles. The molecule has 23 heavy (non-hydrogen) atoms. The van der Waals surface area contributed by atoms with E-state index in [4.69, 9.17) is 9.98 Å². The van der Waals surface area contributed by atoms with Gasteiger partial charge >= 0.3 is 0 Å². The van der Waals surface area contributed by atoms with Gasteiger partial charge in [-0.1, -0.05) is 50.8 Å². The van der Waals surface area contributed by atoms with Crippen molar-refractivity contribution in [2.75, 3.05) is 0 Å².